The van der Waals surface area contributed by atoms with Crippen molar-refractivity contribution in [3.8, 4) is 0 Å². The first-order chi connectivity index (χ1) is 8.67. The molecule has 1 rings (SSSR count). The minimum Gasteiger partial charge on any atom is -0.395 e. The number of hydrogen-bond acceptors (Lipinski definition) is 3. The highest BCUT2D eigenvalue weighted by molar-refractivity contribution is 4.85. The molecule has 0 aliphatic heterocycles. The normalized spacial score (nSPS) is 24.3. The van der Waals surface area contributed by atoms with Crippen LogP contribution in [0.1, 0.15) is 32.6 Å². The molecule has 0 aromatic rings. The lowest BCUT2D eigenvalue weighted by Crippen LogP contribution is -2.42. The number of hydrogen-bond donors (Lipinski definition) is 2. The maximum Gasteiger partial charge on any atom is 0.251 e. The molecule has 2 N–H and O–H groups in total. The zero-order valence-electron chi connectivity index (χ0n) is 11.2. The van der Waals surface area contributed by atoms with Gasteiger partial charge < -0.3 is 10.4 Å². The summed E-state index contributed by atoms with van der Waals surface area (Å²) in [5.74, 6) is 0.446. The van der Waals surface area contributed by atoms with Crippen molar-refractivity contribution in [2.24, 2.45) is 5.92 Å². The summed E-state index contributed by atoms with van der Waals surface area (Å²) in [7, 11) is 0. The van der Waals surface area contributed by atoms with Gasteiger partial charge in [-0.2, -0.15) is 0 Å². The average Bonchev–Trinajstić information content (AvgIpc) is 2.73. The monoisotopic (exact) mass is 264 g/mol. The predicted octanol–water partition coefficient (Wildman–Crippen LogP) is 1.71. The topological polar surface area (TPSA) is 35.5 Å². The third kappa shape index (κ3) is 5.59. The number of halogens is 2. The van der Waals surface area contributed by atoms with Crippen LogP contribution in [0.4, 0.5) is 8.78 Å². The van der Waals surface area contributed by atoms with Crippen molar-refractivity contribution in [1.29, 1.82) is 0 Å². The Morgan fingerprint density at radius 3 is 2.78 bits per heavy atom. The molecule has 0 bridgehead atoms. The second-order valence-corrected chi connectivity index (χ2v) is 5.13. The first kappa shape index (κ1) is 15.8. The summed E-state index contributed by atoms with van der Waals surface area (Å²) >= 11 is 0. The molecule has 0 aromatic heterocycles. The Kier molecular flexibility index (Phi) is 7.70. The van der Waals surface area contributed by atoms with Gasteiger partial charge in [-0.3, -0.25) is 4.90 Å². The molecule has 5 heteroatoms. The van der Waals surface area contributed by atoms with Crippen molar-refractivity contribution >= 4 is 0 Å². The maximum atomic E-state index is 12.4. The highest BCUT2D eigenvalue weighted by Crippen LogP contribution is 2.26. The summed E-state index contributed by atoms with van der Waals surface area (Å²) in [6.45, 7) is 3.87. The van der Waals surface area contributed by atoms with E-state index in [0.717, 1.165) is 25.8 Å². The predicted molar refractivity (Wildman–Crippen MR) is 69.0 cm³/mol. The molecular weight excluding hydrogens is 238 g/mol. The Bertz CT molecular complexity index is 217. The molecule has 2 unspecified atom stereocenters. The van der Waals surface area contributed by atoms with Gasteiger partial charge in [0.15, 0.2) is 0 Å². The van der Waals surface area contributed by atoms with Crippen molar-refractivity contribution in [2.75, 3.05) is 32.8 Å². The van der Waals surface area contributed by atoms with Crippen LogP contribution in [0.5, 0.6) is 0 Å². The standard InChI is InChI=1S/C13H26F2N2O/c1-2-6-16-12-5-3-4-11(12)9-17(7-8-18)10-13(14)15/h11-13,16,18H,2-10H2,1H3. The Labute approximate surface area is 109 Å². The first-order valence-corrected chi connectivity index (χ1v) is 7.02. The molecule has 1 saturated carbocycles. The van der Waals surface area contributed by atoms with E-state index in [9.17, 15) is 8.78 Å². The summed E-state index contributed by atoms with van der Waals surface area (Å²) < 4.78 is 24.9. The van der Waals surface area contributed by atoms with Crippen LogP contribution < -0.4 is 5.32 Å². The lowest BCUT2D eigenvalue weighted by Gasteiger charge is -2.28. The van der Waals surface area contributed by atoms with Gasteiger partial charge in [-0.1, -0.05) is 13.3 Å². The average molecular weight is 264 g/mol. The summed E-state index contributed by atoms with van der Waals surface area (Å²) in [5, 5.41) is 12.4. The third-order valence-corrected chi connectivity index (χ3v) is 3.62. The molecule has 0 radical (unpaired) electrons. The summed E-state index contributed by atoms with van der Waals surface area (Å²) in [6.07, 6.45) is 2.20. The second-order valence-electron chi connectivity index (χ2n) is 5.13. The van der Waals surface area contributed by atoms with E-state index in [2.05, 4.69) is 12.2 Å². The van der Waals surface area contributed by atoms with Crippen molar-refractivity contribution < 1.29 is 13.9 Å². The number of aliphatic hydroxyl groups excluding tert-OH is 1. The molecule has 0 saturated heterocycles. The van der Waals surface area contributed by atoms with E-state index in [0.29, 0.717) is 25.0 Å². The smallest absolute Gasteiger partial charge is 0.251 e. The minimum absolute atomic E-state index is 0.0491. The Balaban J connectivity index is 2.40. The molecule has 3 nitrogen and oxygen atoms in total. The number of rotatable bonds is 9. The van der Waals surface area contributed by atoms with Crippen LogP contribution in [0.2, 0.25) is 0 Å². The first-order valence-electron chi connectivity index (χ1n) is 7.02. The molecule has 1 fully saturated rings. The highest BCUT2D eigenvalue weighted by Gasteiger charge is 2.28. The van der Waals surface area contributed by atoms with Gasteiger partial charge in [0.05, 0.1) is 13.2 Å². The summed E-state index contributed by atoms with van der Waals surface area (Å²) in [6, 6.07) is 0.462. The van der Waals surface area contributed by atoms with Crippen LogP contribution in [0.25, 0.3) is 0 Å². The van der Waals surface area contributed by atoms with Gasteiger partial charge in [-0.25, -0.2) is 8.78 Å². The van der Waals surface area contributed by atoms with Crippen molar-refractivity contribution in [3.05, 3.63) is 0 Å². The van der Waals surface area contributed by atoms with Crippen molar-refractivity contribution in [1.82, 2.24) is 10.2 Å². The van der Waals surface area contributed by atoms with Gasteiger partial charge in [-0.05, 0) is 31.7 Å². The molecule has 2 atom stereocenters. The number of nitrogens with zero attached hydrogens (tertiary/aromatic N) is 1. The molecule has 18 heavy (non-hydrogen) atoms. The largest absolute Gasteiger partial charge is 0.395 e. The lowest BCUT2D eigenvalue weighted by molar-refractivity contribution is 0.0678. The SMILES string of the molecule is CCCNC1CCCC1CN(CCO)CC(F)F. The van der Waals surface area contributed by atoms with Crippen LogP contribution in [-0.2, 0) is 0 Å². The minimum atomic E-state index is -2.32. The van der Waals surface area contributed by atoms with E-state index in [4.69, 9.17) is 5.11 Å². The number of alkyl halides is 2. The quantitative estimate of drug-likeness (QED) is 0.665. The molecule has 108 valence electrons. The Morgan fingerprint density at radius 1 is 1.39 bits per heavy atom. The van der Waals surface area contributed by atoms with E-state index in [1.165, 1.54) is 6.42 Å². The Morgan fingerprint density at radius 2 is 2.17 bits per heavy atom. The molecule has 0 heterocycles. The van der Waals surface area contributed by atoms with Gasteiger partial charge in [0.2, 0.25) is 0 Å². The van der Waals surface area contributed by atoms with Gasteiger partial charge in [0, 0.05) is 19.1 Å². The van der Waals surface area contributed by atoms with Crippen LogP contribution in [0.3, 0.4) is 0 Å². The highest BCUT2D eigenvalue weighted by atomic mass is 19.3. The summed E-state index contributed by atoms with van der Waals surface area (Å²) in [5.41, 5.74) is 0. The van der Waals surface area contributed by atoms with Crippen molar-refractivity contribution in [2.45, 2.75) is 45.1 Å². The van der Waals surface area contributed by atoms with Crippen LogP contribution in [0.15, 0.2) is 0 Å². The fourth-order valence-corrected chi connectivity index (χ4v) is 2.78. The van der Waals surface area contributed by atoms with Gasteiger partial charge in [0.25, 0.3) is 6.43 Å². The van der Waals surface area contributed by atoms with E-state index >= 15 is 0 Å². The summed E-state index contributed by atoms with van der Waals surface area (Å²) in [4.78, 5) is 1.70. The van der Waals surface area contributed by atoms with Crippen LogP contribution in [-0.4, -0.2) is 55.3 Å². The van der Waals surface area contributed by atoms with Gasteiger partial charge in [-0.15, -0.1) is 0 Å². The zero-order valence-corrected chi connectivity index (χ0v) is 11.2. The lowest BCUT2D eigenvalue weighted by atomic mass is 10.0. The molecule has 0 amide bonds. The van der Waals surface area contributed by atoms with E-state index in [1.807, 2.05) is 0 Å². The number of nitrogens with one attached hydrogen (secondary N) is 1. The van der Waals surface area contributed by atoms with Gasteiger partial charge in [0.1, 0.15) is 0 Å². The number of aliphatic hydroxyl groups is 1. The fraction of sp³-hybridized carbons (Fsp3) is 1.00. The van der Waals surface area contributed by atoms with Crippen molar-refractivity contribution in [3.63, 3.8) is 0 Å². The van der Waals surface area contributed by atoms with E-state index < -0.39 is 6.43 Å². The molecular formula is C13H26F2N2O. The van der Waals surface area contributed by atoms with Crippen LogP contribution in [0, 0.1) is 5.92 Å². The Hall–Kier alpha value is -0.260. The van der Waals surface area contributed by atoms with E-state index in [-0.39, 0.29) is 13.2 Å². The zero-order chi connectivity index (χ0) is 13.4. The van der Waals surface area contributed by atoms with Gasteiger partial charge >= 0.3 is 0 Å². The molecule has 0 aromatic carbocycles. The second kappa shape index (κ2) is 8.77. The fourth-order valence-electron chi connectivity index (χ4n) is 2.78. The molecule has 1 aliphatic rings. The maximum absolute atomic E-state index is 12.4. The molecule has 1 aliphatic carbocycles. The van der Waals surface area contributed by atoms with E-state index in [1.54, 1.807) is 4.90 Å². The van der Waals surface area contributed by atoms with Crippen LogP contribution >= 0.6 is 0 Å². The third-order valence-electron chi connectivity index (χ3n) is 3.62. The molecule has 0 spiro atoms.